The van der Waals surface area contributed by atoms with Gasteiger partial charge in [-0.25, -0.2) is 4.79 Å². The van der Waals surface area contributed by atoms with Crippen molar-refractivity contribution in [3.63, 3.8) is 0 Å². The lowest BCUT2D eigenvalue weighted by Gasteiger charge is -2.25. The molecule has 2 rings (SSSR count). The van der Waals surface area contributed by atoms with Crippen molar-refractivity contribution in [3.05, 3.63) is 40.4 Å². The third-order valence-corrected chi connectivity index (χ3v) is 4.77. The summed E-state index contributed by atoms with van der Waals surface area (Å²) in [6.07, 6.45) is 0. The first-order valence-corrected chi connectivity index (χ1v) is 8.71. The second-order valence-corrected chi connectivity index (χ2v) is 6.28. The maximum Gasteiger partial charge on any atom is 0.346 e. The number of thioether (sulfide) groups is 1. The van der Waals surface area contributed by atoms with E-state index in [9.17, 15) is 9.59 Å². The number of carbonyl (C=O) groups excluding carboxylic acids is 2. The number of nitrogens with one attached hydrogen (secondary N) is 2. The molecule has 1 aromatic carbocycles. The Morgan fingerprint density at radius 2 is 2.21 bits per heavy atom. The molecule has 2 N–H and O–H groups in total. The highest BCUT2D eigenvalue weighted by Crippen LogP contribution is 2.26. The summed E-state index contributed by atoms with van der Waals surface area (Å²) in [6.45, 7) is 4.30. The molecule has 0 fully saturated rings. The van der Waals surface area contributed by atoms with Crippen LogP contribution in [0, 0.1) is 0 Å². The number of carbonyl (C=O) groups is 2. The van der Waals surface area contributed by atoms with Crippen molar-refractivity contribution in [1.82, 2.24) is 10.6 Å². The lowest BCUT2D eigenvalue weighted by atomic mass is 10.2. The molecular weight excluding hydrogens is 328 g/mol. The molecular formula is C17H22N2O4S. The minimum absolute atomic E-state index is 0.104. The molecule has 24 heavy (non-hydrogen) atoms. The van der Waals surface area contributed by atoms with E-state index < -0.39 is 0 Å². The van der Waals surface area contributed by atoms with Gasteiger partial charge in [-0.1, -0.05) is 12.1 Å². The fourth-order valence-corrected chi connectivity index (χ4v) is 3.31. The second kappa shape index (κ2) is 8.63. The Morgan fingerprint density at radius 3 is 2.88 bits per heavy atom. The van der Waals surface area contributed by atoms with Gasteiger partial charge in [0.2, 0.25) is 5.91 Å². The van der Waals surface area contributed by atoms with E-state index in [1.54, 1.807) is 21.0 Å². The summed E-state index contributed by atoms with van der Waals surface area (Å²) in [7, 11) is 1.61. The number of benzene rings is 1. The third-order valence-electron chi connectivity index (χ3n) is 3.50. The molecule has 1 heterocycles. The van der Waals surface area contributed by atoms with Gasteiger partial charge in [0.05, 0.1) is 13.7 Å². The molecule has 6 nitrogen and oxygen atoms in total. The van der Waals surface area contributed by atoms with Crippen molar-refractivity contribution < 1.29 is 19.1 Å². The smallest absolute Gasteiger partial charge is 0.346 e. The van der Waals surface area contributed by atoms with Gasteiger partial charge in [0.15, 0.2) is 0 Å². The number of hydrogen-bond acceptors (Lipinski definition) is 6. The summed E-state index contributed by atoms with van der Waals surface area (Å²) in [4.78, 5) is 24.7. The fourth-order valence-electron chi connectivity index (χ4n) is 2.29. The summed E-state index contributed by atoms with van der Waals surface area (Å²) in [5, 5.41) is 5.99. The molecule has 1 atom stereocenters. The van der Waals surface area contributed by atoms with Crippen molar-refractivity contribution >= 4 is 23.6 Å². The second-order valence-electron chi connectivity index (χ2n) is 5.25. The van der Waals surface area contributed by atoms with Crippen LogP contribution in [-0.4, -0.2) is 37.4 Å². The zero-order chi connectivity index (χ0) is 17.5. The molecule has 0 spiro atoms. The zero-order valence-corrected chi connectivity index (χ0v) is 14.9. The van der Waals surface area contributed by atoms with Crippen LogP contribution < -0.4 is 15.4 Å². The van der Waals surface area contributed by atoms with Gasteiger partial charge in [0.25, 0.3) is 0 Å². The number of esters is 1. The lowest BCUT2D eigenvalue weighted by molar-refractivity contribution is -0.137. The van der Waals surface area contributed by atoms with Crippen LogP contribution in [0.3, 0.4) is 0 Å². The van der Waals surface area contributed by atoms with Gasteiger partial charge in [-0.05, 0) is 31.5 Å². The van der Waals surface area contributed by atoms with Gasteiger partial charge < -0.3 is 20.1 Å². The number of ether oxygens (including phenoxy) is 2. The summed E-state index contributed by atoms with van der Waals surface area (Å²) in [5.41, 5.74) is 1.64. The molecule has 7 heteroatoms. The molecule has 1 unspecified atom stereocenters. The number of amides is 1. The van der Waals surface area contributed by atoms with Crippen molar-refractivity contribution in [2.24, 2.45) is 0 Å². The van der Waals surface area contributed by atoms with Gasteiger partial charge in [-0.3, -0.25) is 4.79 Å². The largest absolute Gasteiger partial charge is 0.497 e. The van der Waals surface area contributed by atoms with Gasteiger partial charge in [-0.2, -0.15) is 0 Å². The lowest BCUT2D eigenvalue weighted by Crippen LogP contribution is -2.47. The molecule has 1 aliphatic rings. The van der Waals surface area contributed by atoms with Crippen LogP contribution >= 0.6 is 11.8 Å². The topological polar surface area (TPSA) is 76.7 Å². The van der Waals surface area contributed by atoms with Crippen LogP contribution in [0.4, 0.5) is 0 Å². The average molecular weight is 350 g/mol. The van der Waals surface area contributed by atoms with E-state index in [1.165, 1.54) is 11.8 Å². The molecule has 0 bridgehead atoms. The Morgan fingerprint density at radius 1 is 1.42 bits per heavy atom. The number of methoxy groups -OCH3 is 1. The van der Waals surface area contributed by atoms with E-state index in [2.05, 4.69) is 10.6 Å². The fraction of sp³-hybridized carbons (Fsp3) is 0.412. The Kier molecular flexibility index (Phi) is 6.54. The summed E-state index contributed by atoms with van der Waals surface area (Å²) < 4.78 is 10.2. The Bertz CT molecular complexity index is 645. The van der Waals surface area contributed by atoms with E-state index in [-0.39, 0.29) is 17.9 Å². The molecule has 0 saturated heterocycles. The summed E-state index contributed by atoms with van der Waals surface area (Å²) in [6, 6.07) is 7.17. The highest BCUT2D eigenvalue weighted by molar-refractivity contribution is 8.04. The monoisotopic (exact) mass is 350 g/mol. The summed E-state index contributed by atoms with van der Waals surface area (Å²) in [5.74, 6) is 0.788. The van der Waals surface area contributed by atoms with Crippen LogP contribution in [0.2, 0.25) is 0 Å². The maximum absolute atomic E-state index is 12.3. The van der Waals surface area contributed by atoms with Gasteiger partial charge in [0.1, 0.15) is 16.7 Å². The first-order valence-electron chi connectivity index (χ1n) is 7.73. The third kappa shape index (κ3) is 4.67. The number of allylic oxidation sites excluding steroid dienone is 1. The Hall–Kier alpha value is -2.15. The first kappa shape index (κ1) is 18.2. The van der Waals surface area contributed by atoms with E-state index in [1.807, 2.05) is 24.3 Å². The van der Waals surface area contributed by atoms with Gasteiger partial charge in [-0.15, -0.1) is 11.8 Å². The molecule has 1 aliphatic heterocycles. The molecule has 1 amide bonds. The number of hydrogen-bond donors (Lipinski definition) is 2. The van der Waals surface area contributed by atoms with Crippen molar-refractivity contribution in [1.29, 1.82) is 0 Å². The van der Waals surface area contributed by atoms with Gasteiger partial charge in [0, 0.05) is 18.0 Å². The van der Waals surface area contributed by atoms with Gasteiger partial charge >= 0.3 is 5.97 Å². The van der Waals surface area contributed by atoms with E-state index in [0.717, 1.165) is 11.3 Å². The molecule has 0 aliphatic carbocycles. The zero-order valence-electron chi connectivity index (χ0n) is 14.0. The van der Waals surface area contributed by atoms with E-state index in [0.29, 0.717) is 29.5 Å². The van der Waals surface area contributed by atoms with Crippen LogP contribution in [0.25, 0.3) is 0 Å². The maximum atomic E-state index is 12.3. The Labute approximate surface area is 146 Å². The average Bonchev–Trinajstić information content (AvgIpc) is 2.59. The van der Waals surface area contributed by atoms with Crippen molar-refractivity contribution in [2.75, 3.05) is 19.5 Å². The first-order chi connectivity index (χ1) is 11.5. The predicted molar refractivity (Wildman–Crippen MR) is 93.6 cm³/mol. The minimum atomic E-state index is -0.376. The minimum Gasteiger partial charge on any atom is -0.497 e. The van der Waals surface area contributed by atoms with E-state index in [4.69, 9.17) is 9.47 Å². The summed E-state index contributed by atoms with van der Waals surface area (Å²) >= 11 is 1.35. The van der Waals surface area contributed by atoms with Crippen molar-refractivity contribution in [2.45, 2.75) is 26.4 Å². The van der Waals surface area contributed by atoms with Crippen LogP contribution in [0.1, 0.15) is 19.4 Å². The molecule has 0 aromatic heterocycles. The quantitative estimate of drug-likeness (QED) is 0.762. The SMILES string of the molecule is CCOC(=O)C1=C(C)NC(C(=O)NCc2cccc(OC)c2)CS1. The molecule has 130 valence electrons. The molecule has 1 aromatic rings. The van der Waals surface area contributed by atoms with Crippen LogP contribution in [0.5, 0.6) is 5.75 Å². The van der Waals surface area contributed by atoms with E-state index >= 15 is 0 Å². The van der Waals surface area contributed by atoms with Crippen molar-refractivity contribution in [3.8, 4) is 5.75 Å². The molecule has 0 radical (unpaired) electrons. The standard InChI is InChI=1S/C17H22N2O4S/c1-4-23-17(21)15-11(2)19-14(10-24-15)16(20)18-9-12-6-5-7-13(8-12)22-3/h5-8,14,19H,4,9-10H2,1-3H3,(H,18,20). The molecule has 0 saturated carbocycles. The highest BCUT2D eigenvalue weighted by atomic mass is 32.2. The number of rotatable bonds is 6. The normalized spacial score (nSPS) is 17.0. The highest BCUT2D eigenvalue weighted by Gasteiger charge is 2.28. The predicted octanol–water partition coefficient (Wildman–Crippen LogP) is 1.81. The Balaban J connectivity index is 1.91. The van der Waals surface area contributed by atoms with Crippen LogP contribution in [-0.2, 0) is 20.9 Å². The van der Waals surface area contributed by atoms with Crippen LogP contribution in [0.15, 0.2) is 34.9 Å².